The second kappa shape index (κ2) is 11.1. The highest BCUT2D eigenvalue weighted by Gasteiger charge is 2.21. The number of hydrogen-bond acceptors (Lipinski definition) is 7. The molecule has 0 aliphatic carbocycles. The number of hydrogen-bond donors (Lipinski definition) is 2. The van der Waals surface area contributed by atoms with E-state index in [1.54, 1.807) is 24.7 Å². The number of amides is 1. The first kappa shape index (κ1) is 26.8. The van der Waals surface area contributed by atoms with Crippen molar-refractivity contribution < 1.29 is 9.53 Å². The molecule has 0 spiro atoms. The van der Waals surface area contributed by atoms with E-state index in [-0.39, 0.29) is 24.1 Å². The zero-order valence-electron chi connectivity index (χ0n) is 22.2. The molecule has 1 aromatic carbocycles. The minimum atomic E-state index is -0.454. The molecule has 0 atom stereocenters. The minimum Gasteiger partial charge on any atom is -0.381 e. The molecule has 202 valence electrons. The van der Waals surface area contributed by atoms with Crippen molar-refractivity contribution >= 4 is 34.5 Å². The number of fused-ring (bicyclic) bond motifs is 1. The zero-order chi connectivity index (χ0) is 27.6. The Bertz CT molecular complexity index is 1560. The summed E-state index contributed by atoms with van der Waals surface area (Å²) in [6, 6.07) is 11.2. The molecule has 1 aliphatic heterocycles. The summed E-state index contributed by atoms with van der Waals surface area (Å²) in [5.74, 6) is 0.115. The van der Waals surface area contributed by atoms with Crippen LogP contribution in [0.2, 0.25) is 5.02 Å². The van der Waals surface area contributed by atoms with Crippen LogP contribution in [0, 0.1) is 0 Å². The van der Waals surface area contributed by atoms with Gasteiger partial charge in [0.15, 0.2) is 0 Å². The van der Waals surface area contributed by atoms with Crippen LogP contribution in [0.1, 0.15) is 33.6 Å². The lowest BCUT2D eigenvalue weighted by Gasteiger charge is -2.23. The summed E-state index contributed by atoms with van der Waals surface area (Å²) in [7, 11) is 0. The Hall–Kier alpha value is -3.82. The average Bonchev–Trinajstić information content (AvgIpc) is 2.90. The van der Waals surface area contributed by atoms with Gasteiger partial charge >= 0.3 is 0 Å². The number of aromatic nitrogens is 4. The second-order valence-corrected chi connectivity index (χ2v) is 11.1. The highest BCUT2D eigenvalue weighted by molar-refractivity contribution is 6.33. The number of rotatable bonds is 6. The van der Waals surface area contributed by atoms with Gasteiger partial charge in [0.05, 0.1) is 0 Å². The van der Waals surface area contributed by atoms with Crippen LogP contribution >= 0.6 is 11.6 Å². The summed E-state index contributed by atoms with van der Waals surface area (Å²) < 4.78 is 6.84. The number of nitrogens with zero attached hydrogens (tertiary/aromatic N) is 4. The predicted molar refractivity (Wildman–Crippen MR) is 153 cm³/mol. The topological polar surface area (TPSA) is 111 Å². The fourth-order valence-electron chi connectivity index (χ4n) is 4.64. The number of halogens is 1. The highest BCUT2D eigenvalue weighted by atomic mass is 35.5. The number of carbonyl (C=O) groups is 1. The number of anilines is 1. The molecular weight excluding hydrogens is 516 g/mol. The van der Waals surface area contributed by atoms with E-state index in [2.05, 4.69) is 25.6 Å². The lowest BCUT2D eigenvalue weighted by Crippen LogP contribution is -2.43. The summed E-state index contributed by atoms with van der Waals surface area (Å²) >= 11 is 6.72. The maximum atomic E-state index is 13.9. The standard InChI is InChI=1S/C29H31ClN6O3/c1-29(2,3)35-25(37)17-36-26-20(16-32-28(34-26)33-21-8-11-39-12-9-21)13-23(27(36)38)22-7-6-18(14-24(22)30)19-5-4-10-31-15-19/h4-7,10,13-16,21H,8-9,11-12,17H2,1-3H3,(H,35,37)(H,32,33,34). The van der Waals surface area contributed by atoms with Crippen molar-refractivity contribution in [3.8, 4) is 22.3 Å². The van der Waals surface area contributed by atoms with Gasteiger partial charge in [-0.1, -0.05) is 29.8 Å². The summed E-state index contributed by atoms with van der Waals surface area (Å²) in [6.07, 6.45) is 6.82. The molecule has 5 rings (SSSR count). The smallest absolute Gasteiger partial charge is 0.260 e. The number of carbonyl (C=O) groups excluding carboxylic acids is 1. The SMILES string of the molecule is CC(C)(C)NC(=O)Cn1c(=O)c(-c2ccc(-c3cccnc3)cc2Cl)cc2cnc(NC3CCOCC3)nc21. The van der Waals surface area contributed by atoms with Gasteiger partial charge in [-0.05, 0) is 57.4 Å². The molecule has 1 fully saturated rings. The largest absolute Gasteiger partial charge is 0.381 e. The van der Waals surface area contributed by atoms with Crippen molar-refractivity contribution in [3.05, 3.63) is 70.4 Å². The molecule has 1 aliphatic rings. The van der Waals surface area contributed by atoms with Gasteiger partial charge in [-0.25, -0.2) is 4.98 Å². The van der Waals surface area contributed by atoms with E-state index in [9.17, 15) is 9.59 Å². The number of pyridine rings is 2. The van der Waals surface area contributed by atoms with E-state index >= 15 is 0 Å². The van der Waals surface area contributed by atoms with Crippen LogP contribution in [0.25, 0.3) is 33.3 Å². The molecule has 4 aromatic rings. The van der Waals surface area contributed by atoms with Crippen LogP contribution in [0.3, 0.4) is 0 Å². The monoisotopic (exact) mass is 546 g/mol. The molecule has 0 unspecified atom stereocenters. The number of nitrogens with one attached hydrogen (secondary N) is 2. The summed E-state index contributed by atoms with van der Waals surface area (Å²) in [4.78, 5) is 40.2. The zero-order valence-corrected chi connectivity index (χ0v) is 23.0. The Morgan fingerprint density at radius 1 is 1.10 bits per heavy atom. The third-order valence-corrected chi connectivity index (χ3v) is 6.76. The molecule has 39 heavy (non-hydrogen) atoms. The summed E-state index contributed by atoms with van der Waals surface area (Å²) in [5.41, 5.74) is 2.28. The highest BCUT2D eigenvalue weighted by Crippen LogP contribution is 2.32. The average molecular weight is 547 g/mol. The van der Waals surface area contributed by atoms with Crippen molar-refractivity contribution in [3.63, 3.8) is 0 Å². The van der Waals surface area contributed by atoms with Crippen LogP contribution < -0.4 is 16.2 Å². The molecular formula is C29H31ClN6O3. The lowest BCUT2D eigenvalue weighted by molar-refractivity contribution is -0.123. The molecule has 3 aromatic heterocycles. The minimum absolute atomic E-state index is 0.178. The van der Waals surface area contributed by atoms with Gasteiger partial charge in [-0.2, -0.15) is 4.98 Å². The van der Waals surface area contributed by atoms with Crippen molar-refractivity contribution in [1.29, 1.82) is 0 Å². The first-order valence-corrected chi connectivity index (χ1v) is 13.3. The molecule has 1 amide bonds. The van der Waals surface area contributed by atoms with E-state index in [0.717, 1.165) is 24.0 Å². The Morgan fingerprint density at radius 2 is 1.90 bits per heavy atom. The van der Waals surface area contributed by atoms with Crippen molar-refractivity contribution in [2.24, 2.45) is 0 Å². The Morgan fingerprint density at radius 3 is 2.59 bits per heavy atom. The van der Waals surface area contributed by atoms with Gasteiger partial charge in [0.25, 0.3) is 5.56 Å². The molecule has 1 saturated heterocycles. The Kier molecular flexibility index (Phi) is 7.63. The quantitative estimate of drug-likeness (QED) is 0.361. The normalized spacial score (nSPS) is 14.4. The van der Waals surface area contributed by atoms with E-state index in [4.69, 9.17) is 16.3 Å². The molecule has 9 nitrogen and oxygen atoms in total. The lowest BCUT2D eigenvalue weighted by atomic mass is 10.0. The van der Waals surface area contributed by atoms with E-state index < -0.39 is 5.54 Å². The van der Waals surface area contributed by atoms with Crippen LogP contribution in [0.5, 0.6) is 0 Å². The second-order valence-electron chi connectivity index (χ2n) is 10.7. The summed E-state index contributed by atoms with van der Waals surface area (Å²) in [6.45, 7) is 6.83. The number of benzene rings is 1. The van der Waals surface area contributed by atoms with Crippen molar-refractivity contribution in [1.82, 2.24) is 24.8 Å². The van der Waals surface area contributed by atoms with E-state index in [1.165, 1.54) is 4.57 Å². The van der Waals surface area contributed by atoms with Gasteiger partial charge < -0.3 is 15.4 Å². The van der Waals surface area contributed by atoms with E-state index in [0.29, 0.717) is 46.3 Å². The van der Waals surface area contributed by atoms with Crippen LogP contribution in [0.4, 0.5) is 5.95 Å². The molecule has 2 N–H and O–H groups in total. The van der Waals surface area contributed by atoms with Gasteiger partial charge in [0.1, 0.15) is 12.2 Å². The van der Waals surface area contributed by atoms with Crippen LogP contribution in [-0.2, 0) is 16.1 Å². The molecule has 0 bridgehead atoms. The van der Waals surface area contributed by atoms with Gasteiger partial charge in [0, 0.05) is 70.5 Å². The molecule has 4 heterocycles. The maximum Gasteiger partial charge on any atom is 0.260 e. The van der Waals surface area contributed by atoms with Crippen molar-refractivity contribution in [2.75, 3.05) is 18.5 Å². The first-order chi connectivity index (χ1) is 18.7. The third kappa shape index (κ3) is 6.26. The van der Waals surface area contributed by atoms with Gasteiger partial charge in [-0.3, -0.25) is 19.1 Å². The maximum absolute atomic E-state index is 13.9. The predicted octanol–water partition coefficient (Wildman–Crippen LogP) is 4.68. The molecule has 0 radical (unpaired) electrons. The van der Waals surface area contributed by atoms with Crippen LogP contribution in [-0.4, -0.2) is 50.2 Å². The fourth-order valence-corrected chi connectivity index (χ4v) is 4.92. The van der Waals surface area contributed by atoms with Gasteiger partial charge in [-0.15, -0.1) is 0 Å². The summed E-state index contributed by atoms with van der Waals surface area (Å²) in [5, 5.41) is 7.31. The first-order valence-electron chi connectivity index (χ1n) is 12.9. The van der Waals surface area contributed by atoms with Crippen molar-refractivity contribution in [2.45, 2.75) is 51.7 Å². The van der Waals surface area contributed by atoms with E-state index in [1.807, 2.05) is 51.1 Å². The number of ether oxygens (including phenoxy) is 1. The Labute approximate surface area is 231 Å². The van der Waals surface area contributed by atoms with Crippen LogP contribution in [0.15, 0.2) is 59.8 Å². The fraction of sp³-hybridized carbons (Fsp3) is 0.345. The molecule has 10 heteroatoms. The molecule has 0 saturated carbocycles. The third-order valence-electron chi connectivity index (χ3n) is 6.45. The van der Waals surface area contributed by atoms with Gasteiger partial charge in [0.2, 0.25) is 11.9 Å². The Balaban J connectivity index is 1.59.